The van der Waals surface area contributed by atoms with Crippen LogP contribution in [0.2, 0.25) is 0 Å². The molecule has 0 bridgehead atoms. The Morgan fingerprint density at radius 1 is 0.880 bits per heavy atom. The van der Waals surface area contributed by atoms with E-state index >= 15 is 0 Å². The highest BCUT2D eigenvalue weighted by Gasteiger charge is 2.22. The van der Waals surface area contributed by atoms with Gasteiger partial charge in [-0.25, -0.2) is 0 Å². The fourth-order valence-corrected chi connectivity index (χ4v) is 3.89. The van der Waals surface area contributed by atoms with Crippen molar-refractivity contribution in [3.63, 3.8) is 0 Å². The number of nitrogens with one attached hydrogen (secondary N) is 1. The summed E-state index contributed by atoms with van der Waals surface area (Å²) < 4.78 is 10.9. The summed E-state index contributed by atoms with van der Waals surface area (Å²) in [5.74, 6) is 1.70. The Kier molecular flexibility index (Phi) is 9.17. The topological polar surface area (TPSA) is 30.5 Å². The summed E-state index contributed by atoms with van der Waals surface area (Å²) in [4.78, 5) is 0. The van der Waals surface area contributed by atoms with Gasteiger partial charge in [0.25, 0.3) is 0 Å². The lowest BCUT2D eigenvalue weighted by Gasteiger charge is -2.28. The molecule has 1 unspecified atom stereocenters. The lowest BCUT2D eigenvalue weighted by atomic mass is 9.90. The molecule has 0 amide bonds. The smallest absolute Gasteiger partial charge is 0.161 e. The average molecular weight is 348 g/mol. The minimum Gasteiger partial charge on any atom is -0.493 e. The van der Waals surface area contributed by atoms with Gasteiger partial charge in [0.15, 0.2) is 11.5 Å². The highest BCUT2D eigenvalue weighted by atomic mass is 16.5. The summed E-state index contributed by atoms with van der Waals surface area (Å²) in [5.41, 5.74) is 2.82. The molecule has 1 aliphatic heterocycles. The zero-order valence-electron chi connectivity index (χ0n) is 16.5. The van der Waals surface area contributed by atoms with E-state index in [4.69, 9.17) is 9.47 Å². The maximum atomic E-state index is 5.50. The first kappa shape index (κ1) is 20.1. The lowest BCUT2D eigenvalue weighted by molar-refractivity contribution is 0.351. The Bertz CT molecular complexity index is 501. The molecule has 1 aliphatic rings. The van der Waals surface area contributed by atoms with E-state index in [1.165, 1.54) is 75.3 Å². The Balaban J connectivity index is 1.75. The van der Waals surface area contributed by atoms with Crippen LogP contribution in [0.4, 0.5) is 0 Å². The van der Waals surface area contributed by atoms with Crippen molar-refractivity contribution in [2.45, 2.75) is 83.6 Å². The van der Waals surface area contributed by atoms with Crippen molar-refractivity contribution < 1.29 is 9.47 Å². The third kappa shape index (κ3) is 6.22. The summed E-state index contributed by atoms with van der Waals surface area (Å²) in [6, 6.07) is 4.81. The van der Waals surface area contributed by atoms with Crippen LogP contribution in [-0.4, -0.2) is 20.8 Å². The number of hydrogen-bond acceptors (Lipinski definition) is 3. The highest BCUT2D eigenvalue weighted by molar-refractivity contribution is 5.49. The number of benzene rings is 1. The van der Waals surface area contributed by atoms with Crippen LogP contribution >= 0.6 is 0 Å². The molecule has 1 N–H and O–H groups in total. The molecule has 0 radical (unpaired) electrons. The summed E-state index contributed by atoms with van der Waals surface area (Å²) in [7, 11) is 3.43. The van der Waals surface area contributed by atoms with Crippen LogP contribution in [0.25, 0.3) is 0 Å². The van der Waals surface area contributed by atoms with E-state index < -0.39 is 0 Å². The first-order chi connectivity index (χ1) is 12.3. The molecule has 0 fully saturated rings. The molecule has 1 heterocycles. The largest absolute Gasteiger partial charge is 0.493 e. The highest BCUT2D eigenvalue weighted by Crippen LogP contribution is 2.36. The van der Waals surface area contributed by atoms with Crippen LogP contribution in [0.5, 0.6) is 11.5 Å². The number of methoxy groups -OCH3 is 2. The molecular formula is C22H37NO2. The molecule has 3 heteroatoms. The molecule has 3 nitrogen and oxygen atoms in total. The Morgan fingerprint density at radius 3 is 2.12 bits per heavy atom. The maximum absolute atomic E-state index is 5.50. The molecular weight excluding hydrogens is 310 g/mol. The van der Waals surface area contributed by atoms with Gasteiger partial charge in [-0.05, 0) is 42.6 Å². The Morgan fingerprint density at radius 2 is 1.48 bits per heavy atom. The quantitative estimate of drug-likeness (QED) is 0.484. The van der Waals surface area contributed by atoms with Gasteiger partial charge < -0.3 is 14.8 Å². The number of rotatable bonds is 12. The summed E-state index contributed by atoms with van der Waals surface area (Å²) in [5, 5.41) is 3.69. The minimum absolute atomic E-state index is 0.466. The number of unbranched alkanes of at least 4 members (excludes halogenated alkanes) is 8. The van der Waals surface area contributed by atoms with Gasteiger partial charge in [0.05, 0.1) is 14.2 Å². The molecule has 0 saturated carbocycles. The van der Waals surface area contributed by atoms with Gasteiger partial charge in [-0.3, -0.25) is 0 Å². The number of fused-ring (bicyclic) bond motifs is 1. The van der Waals surface area contributed by atoms with Gasteiger partial charge in [-0.15, -0.1) is 0 Å². The van der Waals surface area contributed by atoms with Gasteiger partial charge in [0.1, 0.15) is 0 Å². The fraction of sp³-hybridized carbons (Fsp3) is 0.727. The predicted molar refractivity (Wildman–Crippen MR) is 106 cm³/mol. The zero-order chi connectivity index (χ0) is 17.9. The molecule has 0 aliphatic carbocycles. The first-order valence-corrected chi connectivity index (χ1v) is 10.3. The number of ether oxygens (including phenoxy) is 2. The van der Waals surface area contributed by atoms with E-state index in [9.17, 15) is 0 Å². The van der Waals surface area contributed by atoms with E-state index in [2.05, 4.69) is 24.4 Å². The van der Waals surface area contributed by atoms with Gasteiger partial charge in [0.2, 0.25) is 0 Å². The Hall–Kier alpha value is -1.22. The van der Waals surface area contributed by atoms with Crippen LogP contribution in [0.3, 0.4) is 0 Å². The third-order valence-electron chi connectivity index (χ3n) is 5.40. The molecule has 0 spiro atoms. The van der Waals surface area contributed by atoms with Gasteiger partial charge in [-0.1, -0.05) is 64.7 Å². The molecule has 0 aromatic heterocycles. The second-order valence-corrected chi connectivity index (χ2v) is 7.28. The normalized spacial score (nSPS) is 16.5. The van der Waals surface area contributed by atoms with Crippen molar-refractivity contribution >= 4 is 0 Å². The second kappa shape index (κ2) is 11.4. The molecule has 1 aromatic rings. The predicted octanol–water partition coefficient (Wildman–Crippen LogP) is 5.81. The van der Waals surface area contributed by atoms with Crippen LogP contribution in [0.15, 0.2) is 12.1 Å². The van der Waals surface area contributed by atoms with E-state index in [1.807, 2.05) is 0 Å². The van der Waals surface area contributed by atoms with Crippen LogP contribution in [0, 0.1) is 0 Å². The fourth-order valence-electron chi connectivity index (χ4n) is 3.89. The minimum atomic E-state index is 0.466. The molecule has 142 valence electrons. The lowest BCUT2D eigenvalue weighted by Crippen LogP contribution is -2.29. The molecule has 0 saturated heterocycles. The molecule has 1 aromatic carbocycles. The van der Waals surface area contributed by atoms with Gasteiger partial charge >= 0.3 is 0 Å². The maximum Gasteiger partial charge on any atom is 0.161 e. The zero-order valence-corrected chi connectivity index (χ0v) is 16.5. The van der Waals surface area contributed by atoms with E-state index in [0.717, 1.165) is 24.5 Å². The van der Waals surface area contributed by atoms with E-state index in [0.29, 0.717) is 6.04 Å². The average Bonchev–Trinajstić information content (AvgIpc) is 2.65. The monoisotopic (exact) mass is 347 g/mol. The molecule has 1 atom stereocenters. The SMILES string of the molecule is CCCCCCCCCCCC1NCCc2cc(OC)c(OC)cc21. The van der Waals surface area contributed by atoms with Crippen molar-refractivity contribution in [2.24, 2.45) is 0 Å². The number of hydrogen-bond donors (Lipinski definition) is 1. The second-order valence-electron chi connectivity index (χ2n) is 7.28. The van der Waals surface area contributed by atoms with Crippen molar-refractivity contribution in [3.8, 4) is 11.5 Å². The van der Waals surface area contributed by atoms with Crippen LogP contribution < -0.4 is 14.8 Å². The summed E-state index contributed by atoms with van der Waals surface area (Å²) in [6.07, 6.45) is 14.8. The standard InChI is InChI=1S/C22H37NO2/c1-4-5-6-7-8-9-10-11-12-13-20-19-17-22(25-3)21(24-2)16-18(19)14-15-23-20/h16-17,20,23H,4-15H2,1-3H3. The van der Waals surface area contributed by atoms with E-state index in [1.54, 1.807) is 14.2 Å². The third-order valence-corrected chi connectivity index (χ3v) is 5.40. The van der Waals surface area contributed by atoms with Crippen molar-refractivity contribution in [1.82, 2.24) is 5.32 Å². The summed E-state index contributed by atoms with van der Waals surface area (Å²) in [6.45, 7) is 3.34. The van der Waals surface area contributed by atoms with Crippen LogP contribution in [-0.2, 0) is 6.42 Å². The van der Waals surface area contributed by atoms with Crippen molar-refractivity contribution in [3.05, 3.63) is 23.3 Å². The summed E-state index contributed by atoms with van der Waals surface area (Å²) >= 11 is 0. The van der Waals surface area contributed by atoms with Gasteiger partial charge in [-0.2, -0.15) is 0 Å². The van der Waals surface area contributed by atoms with Crippen LogP contribution in [0.1, 0.15) is 88.3 Å². The molecule has 2 rings (SSSR count). The van der Waals surface area contributed by atoms with Crippen molar-refractivity contribution in [2.75, 3.05) is 20.8 Å². The molecule has 25 heavy (non-hydrogen) atoms. The van der Waals surface area contributed by atoms with Gasteiger partial charge in [0, 0.05) is 6.04 Å². The van der Waals surface area contributed by atoms with Crippen molar-refractivity contribution in [1.29, 1.82) is 0 Å². The Labute approximate surface area is 154 Å². The first-order valence-electron chi connectivity index (χ1n) is 10.3. The van der Waals surface area contributed by atoms with E-state index in [-0.39, 0.29) is 0 Å².